The number of anilines is 1. The Morgan fingerprint density at radius 1 is 1.04 bits per heavy atom. The Morgan fingerprint density at radius 2 is 1.61 bits per heavy atom. The van der Waals surface area contributed by atoms with E-state index >= 15 is 0 Å². The first kappa shape index (κ1) is 22.7. The molecule has 2 aromatic carbocycles. The molecule has 0 aliphatic heterocycles. The van der Waals surface area contributed by atoms with Crippen LogP contribution in [0.5, 0.6) is 5.75 Å². The van der Waals surface area contributed by atoms with E-state index in [0.717, 1.165) is 6.42 Å². The average molecular weight is 389 g/mol. The van der Waals surface area contributed by atoms with Crippen LogP contribution in [0.4, 0.5) is 10.1 Å². The number of hydrogen-bond acceptors (Lipinski definition) is 5. The third-order valence-electron chi connectivity index (χ3n) is 3.36. The summed E-state index contributed by atoms with van der Waals surface area (Å²) in [5.74, 6) is -0.973. The zero-order chi connectivity index (χ0) is 20.9. The van der Waals surface area contributed by atoms with Crippen LogP contribution in [-0.2, 0) is 9.53 Å². The SMILES string of the molecule is C=C(C)C(=O)OCCCCOc1ccc(C(=O)O)cc1.Nc1ccc(F)cc1. The lowest BCUT2D eigenvalue weighted by molar-refractivity contribution is -0.139. The number of ether oxygens (including phenoxy) is 2. The molecule has 0 amide bonds. The summed E-state index contributed by atoms with van der Waals surface area (Å²) < 4.78 is 22.4. The monoisotopic (exact) mass is 389 g/mol. The van der Waals surface area contributed by atoms with E-state index in [-0.39, 0.29) is 17.3 Å². The van der Waals surface area contributed by atoms with Crippen molar-refractivity contribution in [1.29, 1.82) is 0 Å². The fourth-order valence-corrected chi connectivity index (χ4v) is 1.84. The highest BCUT2D eigenvalue weighted by Gasteiger charge is 2.03. The van der Waals surface area contributed by atoms with Gasteiger partial charge in [0, 0.05) is 11.3 Å². The van der Waals surface area contributed by atoms with Gasteiger partial charge in [-0.2, -0.15) is 0 Å². The third kappa shape index (κ3) is 9.38. The van der Waals surface area contributed by atoms with Gasteiger partial charge in [-0.1, -0.05) is 6.58 Å². The number of hydrogen-bond donors (Lipinski definition) is 2. The number of carboxylic acids is 1. The summed E-state index contributed by atoms with van der Waals surface area (Å²) in [6.07, 6.45) is 1.44. The second-order valence-electron chi connectivity index (χ2n) is 5.85. The van der Waals surface area contributed by atoms with Crippen molar-refractivity contribution in [2.45, 2.75) is 19.8 Å². The quantitative estimate of drug-likeness (QED) is 0.306. The molecule has 0 atom stereocenters. The van der Waals surface area contributed by atoms with E-state index < -0.39 is 5.97 Å². The largest absolute Gasteiger partial charge is 0.494 e. The minimum atomic E-state index is -0.962. The molecule has 0 aliphatic carbocycles. The normalized spacial score (nSPS) is 9.64. The molecule has 0 heterocycles. The van der Waals surface area contributed by atoms with Crippen LogP contribution < -0.4 is 10.5 Å². The van der Waals surface area contributed by atoms with Gasteiger partial charge in [-0.15, -0.1) is 0 Å². The number of halogens is 1. The molecule has 150 valence electrons. The maximum atomic E-state index is 12.0. The van der Waals surface area contributed by atoms with Gasteiger partial charge in [0.25, 0.3) is 0 Å². The minimum absolute atomic E-state index is 0.226. The number of unbranched alkanes of at least 4 members (excludes halogenated alkanes) is 1. The van der Waals surface area contributed by atoms with Crippen LogP contribution in [-0.4, -0.2) is 30.3 Å². The van der Waals surface area contributed by atoms with Crippen LogP contribution in [0.3, 0.4) is 0 Å². The molecule has 0 aromatic heterocycles. The predicted octanol–water partition coefficient (Wildman–Crippen LogP) is 4.07. The molecule has 0 spiro atoms. The summed E-state index contributed by atoms with van der Waals surface area (Å²) in [6.45, 7) is 5.92. The first-order chi connectivity index (χ1) is 13.3. The standard InChI is InChI=1S/C15H18O5.C6H6FN/c1-11(2)15(18)20-10-4-3-9-19-13-7-5-12(6-8-13)14(16)17;7-5-1-3-6(8)4-2-5/h5-8H,1,3-4,9-10H2,2H3,(H,16,17);1-4H,8H2. The first-order valence-electron chi connectivity index (χ1n) is 8.59. The van der Waals surface area contributed by atoms with Crippen molar-refractivity contribution in [3.05, 3.63) is 72.1 Å². The van der Waals surface area contributed by atoms with E-state index in [9.17, 15) is 14.0 Å². The Kier molecular flexibility index (Phi) is 9.82. The Labute approximate surface area is 163 Å². The molecule has 0 aliphatic rings. The van der Waals surface area contributed by atoms with Gasteiger partial charge in [0.1, 0.15) is 11.6 Å². The van der Waals surface area contributed by atoms with Gasteiger partial charge in [-0.05, 0) is 68.3 Å². The molecule has 0 saturated heterocycles. The molecule has 0 bridgehead atoms. The van der Waals surface area contributed by atoms with Gasteiger partial charge in [0.2, 0.25) is 0 Å². The fourth-order valence-electron chi connectivity index (χ4n) is 1.84. The van der Waals surface area contributed by atoms with E-state index in [4.69, 9.17) is 20.3 Å². The zero-order valence-corrected chi connectivity index (χ0v) is 15.7. The molecule has 0 saturated carbocycles. The lowest BCUT2D eigenvalue weighted by Gasteiger charge is -2.07. The van der Waals surface area contributed by atoms with Crippen molar-refractivity contribution in [3.8, 4) is 5.75 Å². The molecule has 0 fully saturated rings. The number of aromatic carboxylic acids is 1. The third-order valence-corrected chi connectivity index (χ3v) is 3.36. The lowest BCUT2D eigenvalue weighted by atomic mass is 10.2. The summed E-state index contributed by atoms with van der Waals surface area (Å²) >= 11 is 0. The smallest absolute Gasteiger partial charge is 0.335 e. The maximum absolute atomic E-state index is 12.0. The molecule has 6 nitrogen and oxygen atoms in total. The van der Waals surface area contributed by atoms with Gasteiger partial charge in [-0.3, -0.25) is 0 Å². The summed E-state index contributed by atoms with van der Waals surface area (Å²) in [6, 6.07) is 11.9. The Morgan fingerprint density at radius 3 is 2.11 bits per heavy atom. The van der Waals surface area contributed by atoms with Crippen LogP contribution in [0.1, 0.15) is 30.1 Å². The molecule has 7 heteroatoms. The number of rotatable bonds is 8. The number of carbonyl (C=O) groups is 2. The number of carboxylic acid groups (broad SMARTS) is 1. The van der Waals surface area contributed by atoms with Crippen molar-refractivity contribution in [1.82, 2.24) is 0 Å². The average Bonchev–Trinajstić information content (AvgIpc) is 2.67. The van der Waals surface area contributed by atoms with Gasteiger partial charge < -0.3 is 20.3 Å². The number of esters is 1. The Hall–Kier alpha value is -3.35. The molecule has 2 rings (SSSR count). The number of carbonyl (C=O) groups excluding carboxylic acids is 1. The van der Waals surface area contributed by atoms with Crippen molar-refractivity contribution in [2.75, 3.05) is 18.9 Å². The van der Waals surface area contributed by atoms with Gasteiger partial charge in [0.05, 0.1) is 18.8 Å². The Bertz CT molecular complexity index is 751. The molecule has 0 unspecified atom stereocenters. The van der Waals surface area contributed by atoms with E-state index in [2.05, 4.69) is 6.58 Å². The van der Waals surface area contributed by atoms with Crippen LogP contribution in [0.25, 0.3) is 0 Å². The van der Waals surface area contributed by atoms with Crippen molar-refractivity contribution in [3.63, 3.8) is 0 Å². The van der Waals surface area contributed by atoms with Crippen LogP contribution in [0, 0.1) is 5.82 Å². The number of nitrogen functional groups attached to an aromatic ring is 1. The number of nitrogens with two attached hydrogens (primary N) is 1. The summed E-state index contributed by atoms with van der Waals surface area (Å²) in [5, 5.41) is 8.74. The summed E-state index contributed by atoms with van der Waals surface area (Å²) in [4.78, 5) is 21.7. The Balaban J connectivity index is 0.000000406. The second-order valence-corrected chi connectivity index (χ2v) is 5.85. The molecular formula is C21H24FNO5. The first-order valence-corrected chi connectivity index (χ1v) is 8.59. The van der Waals surface area contributed by atoms with E-state index in [1.165, 1.54) is 36.4 Å². The predicted molar refractivity (Wildman–Crippen MR) is 105 cm³/mol. The second kappa shape index (κ2) is 12.1. The lowest BCUT2D eigenvalue weighted by Crippen LogP contribution is -2.07. The highest BCUT2D eigenvalue weighted by Crippen LogP contribution is 2.12. The minimum Gasteiger partial charge on any atom is -0.494 e. The van der Waals surface area contributed by atoms with E-state index in [0.29, 0.717) is 36.6 Å². The molecule has 2 aromatic rings. The van der Waals surface area contributed by atoms with E-state index in [1.807, 2.05) is 0 Å². The molecule has 28 heavy (non-hydrogen) atoms. The van der Waals surface area contributed by atoms with Crippen LogP contribution in [0.15, 0.2) is 60.7 Å². The van der Waals surface area contributed by atoms with Gasteiger partial charge >= 0.3 is 11.9 Å². The summed E-state index contributed by atoms with van der Waals surface area (Å²) in [7, 11) is 0. The summed E-state index contributed by atoms with van der Waals surface area (Å²) in [5.41, 5.74) is 6.46. The van der Waals surface area contributed by atoms with E-state index in [1.54, 1.807) is 19.1 Å². The zero-order valence-electron chi connectivity index (χ0n) is 15.7. The van der Waals surface area contributed by atoms with Crippen molar-refractivity contribution < 1.29 is 28.6 Å². The van der Waals surface area contributed by atoms with Gasteiger partial charge in [-0.25, -0.2) is 14.0 Å². The van der Waals surface area contributed by atoms with Crippen molar-refractivity contribution >= 4 is 17.6 Å². The highest BCUT2D eigenvalue weighted by molar-refractivity contribution is 5.87. The van der Waals surface area contributed by atoms with Crippen LogP contribution in [0.2, 0.25) is 0 Å². The maximum Gasteiger partial charge on any atom is 0.335 e. The van der Waals surface area contributed by atoms with Crippen molar-refractivity contribution in [2.24, 2.45) is 0 Å². The highest BCUT2D eigenvalue weighted by atomic mass is 19.1. The molecular weight excluding hydrogens is 365 g/mol. The molecule has 3 N–H and O–H groups in total. The van der Waals surface area contributed by atoms with Gasteiger partial charge in [0.15, 0.2) is 0 Å². The fraction of sp³-hybridized carbons (Fsp3) is 0.238. The number of benzene rings is 2. The topological polar surface area (TPSA) is 98.8 Å². The molecule has 0 radical (unpaired) electrons. The van der Waals surface area contributed by atoms with Crippen LogP contribution >= 0.6 is 0 Å².